The summed E-state index contributed by atoms with van der Waals surface area (Å²) in [4.78, 5) is 33.1. The number of aromatic nitrogens is 2. The van der Waals surface area contributed by atoms with Crippen LogP contribution in [0.5, 0.6) is 0 Å². The lowest BCUT2D eigenvalue weighted by atomic mass is 9.96. The minimum atomic E-state index is -0.289. The number of nitrogens with one attached hydrogen (secondary N) is 1. The fourth-order valence-corrected chi connectivity index (χ4v) is 6.80. The van der Waals surface area contributed by atoms with Crippen LogP contribution in [0.2, 0.25) is 0 Å². The number of likely N-dealkylation sites (tertiary alicyclic amines) is 1. The number of halogens is 1. The molecule has 1 atom stereocenters. The smallest absolute Gasteiger partial charge is 0.409 e. The highest BCUT2D eigenvalue weighted by molar-refractivity contribution is 6.08. The number of hydrogen-bond donors (Lipinski definition) is 1. The van der Waals surface area contributed by atoms with Crippen molar-refractivity contribution in [2.45, 2.75) is 44.9 Å². The molecule has 0 saturated carbocycles. The molecule has 1 fully saturated rings. The highest BCUT2D eigenvalue weighted by atomic mass is 35.5. The third-order valence-corrected chi connectivity index (χ3v) is 9.24. The fraction of sp³-hybridized carbons (Fsp3) is 0.263. The van der Waals surface area contributed by atoms with Gasteiger partial charge in [0.15, 0.2) is 0 Å². The monoisotopic (exact) mass is 634 g/mol. The van der Waals surface area contributed by atoms with Crippen molar-refractivity contribution in [2.24, 2.45) is 0 Å². The third-order valence-electron chi connectivity index (χ3n) is 9.24. The van der Waals surface area contributed by atoms with Crippen LogP contribution in [-0.4, -0.2) is 51.2 Å². The lowest BCUT2D eigenvalue weighted by Gasteiger charge is -2.33. The van der Waals surface area contributed by atoms with Crippen molar-refractivity contribution in [3.63, 3.8) is 0 Å². The van der Waals surface area contributed by atoms with Gasteiger partial charge in [-0.2, -0.15) is 0 Å². The fourth-order valence-electron chi connectivity index (χ4n) is 6.80. The number of H-pyrrole nitrogens is 1. The van der Waals surface area contributed by atoms with Gasteiger partial charge in [0.1, 0.15) is 6.61 Å². The van der Waals surface area contributed by atoms with E-state index in [1.54, 1.807) is 4.90 Å². The molecular weight excluding hydrogens is 596 g/mol. The van der Waals surface area contributed by atoms with Gasteiger partial charge in [-0.25, -0.2) is 9.59 Å². The summed E-state index contributed by atoms with van der Waals surface area (Å²) in [5.41, 5.74) is 4.14. The molecule has 5 aromatic carbocycles. The summed E-state index contributed by atoms with van der Waals surface area (Å²) in [5.74, 6) is 0. The molecule has 46 heavy (non-hydrogen) atoms. The Morgan fingerprint density at radius 1 is 0.848 bits per heavy atom. The quantitative estimate of drug-likeness (QED) is 0.173. The number of rotatable bonds is 8. The molecule has 1 unspecified atom stereocenters. The van der Waals surface area contributed by atoms with Crippen molar-refractivity contribution in [3.8, 4) is 0 Å². The van der Waals surface area contributed by atoms with Gasteiger partial charge in [0.2, 0.25) is 0 Å². The molecule has 0 bridgehead atoms. The first kappa shape index (κ1) is 31.4. The Morgan fingerprint density at radius 3 is 2.28 bits per heavy atom. The number of hydrogen-bond acceptors (Lipinski definition) is 4. The Hall–Kier alpha value is -4.59. The van der Waals surface area contributed by atoms with Crippen LogP contribution in [0.15, 0.2) is 114 Å². The highest BCUT2D eigenvalue weighted by Crippen LogP contribution is 2.30. The van der Waals surface area contributed by atoms with E-state index in [0.717, 1.165) is 24.1 Å². The maximum Gasteiger partial charge on any atom is 0.409 e. The zero-order valence-corrected chi connectivity index (χ0v) is 26.8. The van der Waals surface area contributed by atoms with Gasteiger partial charge < -0.3 is 14.6 Å². The van der Waals surface area contributed by atoms with Crippen LogP contribution >= 0.6 is 12.4 Å². The SMILES string of the molecule is CC(COC(=O)N1CCC(n2c(=O)[nH]c3ccccc32)CC1)N(Cc1ccccc1)Cc1cc2ccccc2c2ccccc12.Cl. The van der Waals surface area contributed by atoms with Gasteiger partial charge in [-0.05, 0) is 70.6 Å². The summed E-state index contributed by atoms with van der Waals surface area (Å²) >= 11 is 0. The van der Waals surface area contributed by atoms with Crippen molar-refractivity contribution in [3.05, 3.63) is 131 Å². The summed E-state index contributed by atoms with van der Waals surface area (Å²) in [6.45, 7) is 5.00. The number of para-hydroxylation sites is 2. The second-order valence-corrected chi connectivity index (χ2v) is 12.2. The largest absolute Gasteiger partial charge is 0.448 e. The molecular formula is C38H39ClN4O3. The molecule has 2 heterocycles. The second-order valence-electron chi connectivity index (χ2n) is 12.2. The number of imidazole rings is 1. The standard InChI is InChI=1S/C38H38N4O3.ClH/c1-27(26-45-38(44)40-21-19-31(20-22-40)42-36-18-10-9-17-35(36)39-37(42)43)41(24-28-11-3-2-4-12-28)25-30-23-29-13-5-6-14-32(29)34-16-8-7-15-33(30)34;/h2-18,23,27,31H,19-22,24-26H2,1H3,(H,39,43);1H. The van der Waals surface area contributed by atoms with Crippen molar-refractivity contribution in [1.82, 2.24) is 19.4 Å². The predicted octanol–water partition coefficient (Wildman–Crippen LogP) is 7.92. The topological polar surface area (TPSA) is 70.6 Å². The average Bonchev–Trinajstić information content (AvgIpc) is 3.43. The van der Waals surface area contributed by atoms with E-state index in [1.807, 2.05) is 34.9 Å². The van der Waals surface area contributed by atoms with Gasteiger partial charge in [-0.1, -0.05) is 91.0 Å². The first-order chi connectivity index (χ1) is 22.0. The van der Waals surface area contributed by atoms with Crippen molar-refractivity contribution >= 4 is 51.1 Å². The zero-order chi connectivity index (χ0) is 30.8. The van der Waals surface area contributed by atoms with E-state index < -0.39 is 0 Å². The lowest BCUT2D eigenvalue weighted by Crippen LogP contribution is -2.42. The Morgan fingerprint density at radius 2 is 1.50 bits per heavy atom. The Labute approximate surface area is 274 Å². The molecule has 0 spiro atoms. The Kier molecular flexibility index (Phi) is 9.43. The van der Waals surface area contributed by atoms with Crippen LogP contribution in [-0.2, 0) is 17.8 Å². The number of ether oxygens (including phenoxy) is 1. The van der Waals surface area contributed by atoms with E-state index in [-0.39, 0.29) is 36.3 Å². The van der Waals surface area contributed by atoms with E-state index in [2.05, 4.69) is 95.7 Å². The number of carbonyl (C=O) groups is 1. The van der Waals surface area contributed by atoms with Gasteiger partial charge in [0.05, 0.1) is 11.0 Å². The van der Waals surface area contributed by atoms with Crippen molar-refractivity contribution in [1.29, 1.82) is 0 Å². The van der Waals surface area contributed by atoms with E-state index >= 15 is 0 Å². The summed E-state index contributed by atoms with van der Waals surface area (Å²) in [6.07, 6.45) is 1.13. The number of benzene rings is 5. The van der Waals surface area contributed by atoms with Crippen LogP contribution in [0.1, 0.15) is 36.9 Å². The molecule has 7 rings (SSSR count). The number of amides is 1. The van der Waals surface area contributed by atoms with E-state index in [4.69, 9.17) is 4.74 Å². The maximum atomic E-state index is 13.2. The summed E-state index contributed by atoms with van der Waals surface area (Å²) in [7, 11) is 0. The number of carbonyl (C=O) groups excluding carboxylic acids is 1. The number of piperidine rings is 1. The van der Waals surface area contributed by atoms with Crippen LogP contribution in [0.4, 0.5) is 4.79 Å². The molecule has 8 heteroatoms. The highest BCUT2D eigenvalue weighted by Gasteiger charge is 2.28. The van der Waals surface area contributed by atoms with Crippen molar-refractivity contribution < 1.29 is 9.53 Å². The normalized spacial score (nSPS) is 14.5. The Bertz CT molecular complexity index is 2010. The molecule has 236 valence electrons. The molecule has 1 aliphatic rings. The zero-order valence-electron chi connectivity index (χ0n) is 26.0. The summed E-state index contributed by atoms with van der Waals surface area (Å²) < 4.78 is 7.79. The third kappa shape index (κ3) is 6.39. The minimum Gasteiger partial charge on any atom is -0.448 e. The average molecular weight is 635 g/mol. The van der Waals surface area contributed by atoms with Gasteiger partial charge in [0.25, 0.3) is 0 Å². The number of aromatic amines is 1. The van der Waals surface area contributed by atoms with Gasteiger partial charge in [-0.3, -0.25) is 9.47 Å². The lowest BCUT2D eigenvalue weighted by molar-refractivity contribution is 0.0568. The molecule has 1 N–H and O–H groups in total. The molecule has 6 aromatic rings. The molecule has 0 radical (unpaired) electrons. The van der Waals surface area contributed by atoms with E-state index in [1.165, 1.54) is 32.7 Å². The predicted molar refractivity (Wildman–Crippen MR) is 188 cm³/mol. The molecule has 0 aliphatic carbocycles. The number of fused-ring (bicyclic) bond motifs is 4. The Balaban J connectivity index is 0.00000372. The first-order valence-corrected chi connectivity index (χ1v) is 15.8. The molecule has 1 amide bonds. The molecule has 1 saturated heterocycles. The van der Waals surface area contributed by atoms with E-state index in [9.17, 15) is 9.59 Å². The first-order valence-electron chi connectivity index (χ1n) is 15.8. The second kappa shape index (κ2) is 13.8. The molecule has 7 nitrogen and oxygen atoms in total. The van der Waals surface area contributed by atoms with Crippen LogP contribution < -0.4 is 5.69 Å². The van der Waals surface area contributed by atoms with Gasteiger partial charge in [0, 0.05) is 38.3 Å². The molecule has 1 aromatic heterocycles. The van der Waals surface area contributed by atoms with Gasteiger partial charge >= 0.3 is 11.8 Å². The van der Waals surface area contributed by atoms with Crippen LogP contribution in [0.25, 0.3) is 32.6 Å². The van der Waals surface area contributed by atoms with Crippen LogP contribution in [0.3, 0.4) is 0 Å². The maximum absolute atomic E-state index is 13.2. The summed E-state index contributed by atoms with van der Waals surface area (Å²) in [6, 6.07) is 37.7. The molecule has 1 aliphatic heterocycles. The summed E-state index contributed by atoms with van der Waals surface area (Å²) in [5, 5.41) is 4.98. The van der Waals surface area contributed by atoms with Crippen molar-refractivity contribution in [2.75, 3.05) is 19.7 Å². The van der Waals surface area contributed by atoms with E-state index in [0.29, 0.717) is 32.5 Å². The van der Waals surface area contributed by atoms with Gasteiger partial charge in [-0.15, -0.1) is 12.4 Å². The number of nitrogens with zero attached hydrogens (tertiary/aromatic N) is 3. The minimum absolute atomic E-state index is 0. The van der Waals surface area contributed by atoms with Crippen LogP contribution in [0, 0.1) is 0 Å².